The SMILES string of the molecule is COc1cnc(C(=O)Nc2ccc(F)c([C@]3(C)CC[C@@](C)(S(C)(=O)=O)C(N)=N3)c2)cn1. The number of ether oxygens (including phenoxy) is 1. The highest BCUT2D eigenvalue weighted by atomic mass is 32.2. The molecule has 1 aromatic carbocycles. The Morgan fingerprint density at radius 2 is 1.94 bits per heavy atom. The Labute approximate surface area is 179 Å². The molecule has 3 N–H and O–H groups in total. The predicted molar refractivity (Wildman–Crippen MR) is 114 cm³/mol. The molecule has 2 heterocycles. The maximum absolute atomic E-state index is 14.7. The van der Waals surface area contributed by atoms with Crippen molar-refractivity contribution in [3.63, 3.8) is 0 Å². The highest BCUT2D eigenvalue weighted by Gasteiger charge is 2.47. The molecule has 1 aliphatic heterocycles. The molecular formula is C20H24FN5O4S. The summed E-state index contributed by atoms with van der Waals surface area (Å²) in [7, 11) is -2.07. The van der Waals surface area contributed by atoms with Gasteiger partial charge in [-0.25, -0.2) is 22.8 Å². The number of nitrogens with one attached hydrogen (secondary N) is 1. The molecule has 0 fully saturated rings. The van der Waals surface area contributed by atoms with Crippen molar-refractivity contribution in [2.24, 2.45) is 10.7 Å². The molecule has 0 radical (unpaired) electrons. The minimum Gasteiger partial charge on any atom is -0.480 e. The van der Waals surface area contributed by atoms with Gasteiger partial charge in [0.15, 0.2) is 9.84 Å². The van der Waals surface area contributed by atoms with Crippen molar-refractivity contribution >= 4 is 27.3 Å². The molecule has 0 unspecified atom stereocenters. The van der Waals surface area contributed by atoms with Crippen LogP contribution in [0.3, 0.4) is 0 Å². The molecule has 1 amide bonds. The number of carbonyl (C=O) groups is 1. The number of nitrogens with zero attached hydrogens (tertiary/aromatic N) is 3. The van der Waals surface area contributed by atoms with Gasteiger partial charge >= 0.3 is 0 Å². The van der Waals surface area contributed by atoms with E-state index in [4.69, 9.17) is 10.5 Å². The first-order valence-electron chi connectivity index (χ1n) is 9.42. The molecule has 1 aromatic heterocycles. The smallest absolute Gasteiger partial charge is 0.275 e. The first-order chi connectivity index (χ1) is 14.4. The van der Waals surface area contributed by atoms with Crippen LogP contribution in [-0.2, 0) is 15.4 Å². The second kappa shape index (κ2) is 7.88. The first kappa shape index (κ1) is 22.6. The van der Waals surface area contributed by atoms with Crippen molar-refractivity contribution in [3.8, 4) is 5.88 Å². The number of aromatic nitrogens is 2. The zero-order valence-electron chi connectivity index (χ0n) is 17.6. The van der Waals surface area contributed by atoms with Crippen molar-refractivity contribution in [2.45, 2.75) is 37.0 Å². The second-order valence-corrected chi connectivity index (χ2v) is 10.3. The van der Waals surface area contributed by atoms with Crippen LogP contribution in [-0.4, -0.2) is 48.2 Å². The normalized spacial score (nSPS) is 23.7. The fourth-order valence-electron chi connectivity index (χ4n) is 3.37. The van der Waals surface area contributed by atoms with E-state index < -0.39 is 31.8 Å². The van der Waals surface area contributed by atoms with Crippen molar-refractivity contribution in [3.05, 3.63) is 47.7 Å². The third-order valence-corrected chi connectivity index (χ3v) is 7.74. The Bertz CT molecular complexity index is 1150. The molecule has 0 aliphatic carbocycles. The highest BCUT2D eigenvalue weighted by molar-refractivity contribution is 7.92. The van der Waals surface area contributed by atoms with E-state index in [1.807, 2.05) is 0 Å². The van der Waals surface area contributed by atoms with Crippen molar-refractivity contribution in [2.75, 3.05) is 18.7 Å². The second-order valence-electron chi connectivity index (χ2n) is 7.87. The molecule has 0 bridgehead atoms. The van der Waals surface area contributed by atoms with Gasteiger partial charge in [0.05, 0.1) is 25.0 Å². The van der Waals surface area contributed by atoms with Crippen LogP contribution in [0.1, 0.15) is 42.7 Å². The molecule has 0 spiro atoms. The van der Waals surface area contributed by atoms with Crippen LogP contribution in [0.15, 0.2) is 35.6 Å². The van der Waals surface area contributed by atoms with Gasteiger partial charge in [0.1, 0.15) is 22.1 Å². The standard InChI is InChI=1S/C20H24FN5O4S/c1-19(7-8-20(2,18(22)26-19)31(4,28)29)13-9-12(5-6-14(13)21)25-17(27)15-10-24-16(30-3)11-23-15/h5-6,9-11H,7-8H2,1-4H3,(H2,22,26)(H,25,27)/t19-,20+/m0/s1. The molecule has 11 heteroatoms. The summed E-state index contributed by atoms with van der Waals surface area (Å²) in [6.07, 6.45) is 4.13. The minimum atomic E-state index is -3.51. The topological polar surface area (TPSA) is 137 Å². The van der Waals surface area contributed by atoms with Gasteiger partial charge in [-0.3, -0.25) is 9.79 Å². The summed E-state index contributed by atoms with van der Waals surface area (Å²) in [5.74, 6) is -0.869. The van der Waals surface area contributed by atoms with Crippen molar-refractivity contribution < 1.29 is 22.3 Å². The monoisotopic (exact) mass is 449 g/mol. The largest absolute Gasteiger partial charge is 0.480 e. The summed E-state index contributed by atoms with van der Waals surface area (Å²) >= 11 is 0. The van der Waals surface area contributed by atoms with Crippen LogP contribution in [0.4, 0.5) is 10.1 Å². The summed E-state index contributed by atoms with van der Waals surface area (Å²) < 4.78 is 42.7. The average Bonchev–Trinajstić information content (AvgIpc) is 2.71. The molecule has 31 heavy (non-hydrogen) atoms. The maximum atomic E-state index is 14.7. The van der Waals surface area contributed by atoms with E-state index in [0.29, 0.717) is 5.69 Å². The van der Waals surface area contributed by atoms with E-state index in [1.54, 1.807) is 6.92 Å². The van der Waals surface area contributed by atoms with Crippen LogP contribution < -0.4 is 15.8 Å². The number of benzene rings is 1. The van der Waals surface area contributed by atoms with Crippen LogP contribution in [0.2, 0.25) is 0 Å². The van der Waals surface area contributed by atoms with Gasteiger partial charge in [0, 0.05) is 17.5 Å². The summed E-state index contributed by atoms with van der Waals surface area (Å²) in [4.78, 5) is 24.7. The number of hydrogen-bond donors (Lipinski definition) is 2. The van der Waals surface area contributed by atoms with Crippen LogP contribution in [0.5, 0.6) is 5.88 Å². The van der Waals surface area contributed by atoms with Gasteiger partial charge in [0.2, 0.25) is 5.88 Å². The fraction of sp³-hybridized carbons (Fsp3) is 0.400. The Balaban J connectivity index is 1.91. The molecule has 2 aromatic rings. The Kier molecular flexibility index (Phi) is 5.74. The molecule has 3 rings (SSSR count). The molecule has 0 saturated carbocycles. The zero-order chi connectivity index (χ0) is 23.0. The number of anilines is 1. The third kappa shape index (κ3) is 4.22. The minimum absolute atomic E-state index is 0.0572. The lowest BCUT2D eigenvalue weighted by atomic mass is 9.81. The highest BCUT2D eigenvalue weighted by Crippen LogP contribution is 2.41. The number of nitrogens with two attached hydrogens (primary N) is 1. The third-order valence-electron chi connectivity index (χ3n) is 5.69. The molecule has 9 nitrogen and oxygen atoms in total. The number of amides is 1. The number of aliphatic imine (C=N–C) groups is 1. The molecule has 2 atom stereocenters. The number of carbonyl (C=O) groups excluding carboxylic acids is 1. The van der Waals surface area contributed by atoms with Gasteiger partial charge in [-0.05, 0) is 44.9 Å². The van der Waals surface area contributed by atoms with Gasteiger partial charge in [-0.15, -0.1) is 0 Å². The fourth-order valence-corrected chi connectivity index (χ4v) is 4.27. The maximum Gasteiger partial charge on any atom is 0.275 e. The lowest BCUT2D eigenvalue weighted by Gasteiger charge is -2.39. The Morgan fingerprint density at radius 1 is 1.23 bits per heavy atom. The number of hydrogen-bond acceptors (Lipinski definition) is 8. The number of amidine groups is 1. The number of halogens is 1. The summed E-state index contributed by atoms with van der Waals surface area (Å²) in [6.45, 7) is 3.20. The van der Waals surface area contributed by atoms with Gasteiger partial charge < -0.3 is 15.8 Å². The van der Waals surface area contributed by atoms with Gasteiger partial charge in [-0.1, -0.05) is 0 Å². The molecule has 1 aliphatic rings. The number of sulfone groups is 1. The van der Waals surface area contributed by atoms with Crippen LogP contribution in [0, 0.1) is 5.82 Å². The summed E-state index contributed by atoms with van der Waals surface area (Å²) in [5.41, 5.74) is 5.53. The Hall–Kier alpha value is -3.08. The molecular weight excluding hydrogens is 425 g/mol. The molecule has 0 saturated heterocycles. The lowest BCUT2D eigenvalue weighted by molar-refractivity contribution is 0.102. The van der Waals surface area contributed by atoms with Crippen LogP contribution in [0.25, 0.3) is 0 Å². The van der Waals surface area contributed by atoms with E-state index in [0.717, 1.165) is 6.26 Å². The zero-order valence-corrected chi connectivity index (χ0v) is 18.5. The van der Waals surface area contributed by atoms with Gasteiger partial charge in [0.25, 0.3) is 5.91 Å². The van der Waals surface area contributed by atoms with E-state index >= 15 is 0 Å². The Morgan fingerprint density at radius 3 is 2.48 bits per heavy atom. The molecule has 166 valence electrons. The summed E-state index contributed by atoms with van der Waals surface area (Å²) in [5, 5.41) is 2.65. The van der Waals surface area contributed by atoms with Gasteiger partial charge in [-0.2, -0.15) is 0 Å². The van der Waals surface area contributed by atoms with E-state index in [2.05, 4.69) is 20.3 Å². The van der Waals surface area contributed by atoms with Crippen LogP contribution >= 0.6 is 0 Å². The lowest BCUT2D eigenvalue weighted by Crippen LogP contribution is -2.52. The first-order valence-corrected chi connectivity index (χ1v) is 11.3. The van der Waals surface area contributed by atoms with Crippen molar-refractivity contribution in [1.82, 2.24) is 9.97 Å². The quantitative estimate of drug-likeness (QED) is 0.713. The number of rotatable bonds is 5. The summed E-state index contributed by atoms with van der Waals surface area (Å²) in [6, 6.07) is 4.09. The van der Waals surface area contributed by atoms with E-state index in [-0.39, 0.29) is 35.8 Å². The number of methoxy groups -OCH3 is 1. The van der Waals surface area contributed by atoms with E-state index in [1.165, 1.54) is 44.6 Å². The van der Waals surface area contributed by atoms with Crippen molar-refractivity contribution in [1.29, 1.82) is 0 Å². The van der Waals surface area contributed by atoms with E-state index in [9.17, 15) is 17.6 Å². The predicted octanol–water partition coefficient (Wildman–Crippen LogP) is 2.05. The average molecular weight is 450 g/mol.